The van der Waals surface area contributed by atoms with Crippen LogP contribution in [0.1, 0.15) is 38.2 Å². The minimum atomic E-state index is 0.974. The van der Waals surface area contributed by atoms with E-state index in [0.717, 1.165) is 19.0 Å². The van der Waals surface area contributed by atoms with Gasteiger partial charge in [0, 0.05) is 19.6 Å². The van der Waals surface area contributed by atoms with Crippen LogP contribution in [0.25, 0.3) is 0 Å². The number of nitrogens with zero attached hydrogens (tertiary/aromatic N) is 1. The number of hydrogen-bond acceptors (Lipinski definition) is 2. The molecule has 1 N–H and O–H groups in total. The smallest absolute Gasteiger partial charge is 0.0206 e. The Labute approximate surface area is 118 Å². The molecule has 1 unspecified atom stereocenters. The van der Waals surface area contributed by atoms with Crippen LogP contribution < -0.4 is 5.32 Å². The van der Waals surface area contributed by atoms with Crippen LogP contribution in [-0.2, 0) is 6.54 Å². The molecule has 2 rings (SSSR count). The van der Waals surface area contributed by atoms with Gasteiger partial charge in [0.05, 0.1) is 0 Å². The van der Waals surface area contributed by atoms with Crippen molar-refractivity contribution < 1.29 is 0 Å². The highest BCUT2D eigenvalue weighted by atomic mass is 15.1. The zero-order chi connectivity index (χ0) is 13.3. The molecular weight excluding hydrogens is 232 g/mol. The van der Waals surface area contributed by atoms with Crippen molar-refractivity contribution in [3.63, 3.8) is 0 Å². The van der Waals surface area contributed by atoms with E-state index >= 15 is 0 Å². The van der Waals surface area contributed by atoms with Gasteiger partial charge in [-0.1, -0.05) is 43.7 Å². The van der Waals surface area contributed by atoms with Gasteiger partial charge in [0.25, 0.3) is 0 Å². The van der Waals surface area contributed by atoms with E-state index in [1.54, 1.807) is 0 Å². The molecule has 106 valence electrons. The SMILES string of the molecule is CCC1CCCN(CCNCc2ccccc2)CC1. The van der Waals surface area contributed by atoms with Crippen molar-refractivity contribution in [1.29, 1.82) is 0 Å². The third-order valence-electron chi connectivity index (χ3n) is 4.29. The molecule has 1 aromatic carbocycles. The van der Waals surface area contributed by atoms with Gasteiger partial charge in [-0.25, -0.2) is 0 Å². The highest BCUT2D eigenvalue weighted by molar-refractivity contribution is 5.14. The Balaban J connectivity index is 1.60. The second-order valence-corrected chi connectivity index (χ2v) is 5.71. The molecule has 1 atom stereocenters. The number of rotatable bonds is 6. The van der Waals surface area contributed by atoms with Gasteiger partial charge in [0.2, 0.25) is 0 Å². The lowest BCUT2D eigenvalue weighted by atomic mass is 9.98. The van der Waals surface area contributed by atoms with Crippen molar-refractivity contribution >= 4 is 0 Å². The third kappa shape index (κ3) is 5.33. The van der Waals surface area contributed by atoms with Crippen LogP contribution in [0.15, 0.2) is 30.3 Å². The number of hydrogen-bond donors (Lipinski definition) is 1. The van der Waals surface area contributed by atoms with E-state index in [1.165, 1.54) is 50.9 Å². The zero-order valence-corrected chi connectivity index (χ0v) is 12.3. The average molecular weight is 260 g/mol. The maximum atomic E-state index is 3.55. The molecule has 2 heteroatoms. The lowest BCUT2D eigenvalue weighted by Gasteiger charge is -2.20. The van der Waals surface area contributed by atoms with Gasteiger partial charge in [0.1, 0.15) is 0 Å². The van der Waals surface area contributed by atoms with Crippen molar-refractivity contribution in [1.82, 2.24) is 10.2 Å². The van der Waals surface area contributed by atoms with Gasteiger partial charge < -0.3 is 10.2 Å². The largest absolute Gasteiger partial charge is 0.311 e. The molecule has 1 saturated heterocycles. The molecule has 19 heavy (non-hydrogen) atoms. The van der Waals surface area contributed by atoms with E-state index in [-0.39, 0.29) is 0 Å². The van der Waals surface area contributed by atoms with Gasteiger partial charge in [-0.3, -0.25) is 0 Å². The Hall–Kier alpha value is -0.860. The fourth-order valence-corrected chi connectivity index (χ4v) is 2.92. The molecule has 1 fully saturated rings. The fraction of sp³-hybridized carbons (Fsp3) is 0.647. The average Bonchev–Trinajstić information content (AvgIpc) is 2.70. The van der Waals surface area contributed by atoms with Gasteiger partial charge in [-0.15, -0.1) is 0 Å². The molecule has 0 radical (unpaired) electrons. The van der Waals surface area contributed by atoms with E-state index in [2.05, 4.69) is 47.5 Å². The summed E-state index contributed by atoms with van der Waals surface area (Å²) in [4.78, 5) is 2.63. The second kappa shape index (κ2) is 8.34. The Bertz CT molecular complexity index is 336. The van der Waals surface area contributed by atoms with Crippen LogP contribution in [0.2, 0.25) is 0 Å². The van der Waals surface area contributed by atoms with Crippen molar-refractivity contribution in [2.45, 2.75) is 39.2 Å². The Morgan fingerprint density at radius 2 is 2.00 bits per heavy atom. The number of nitrogens with one attached hydrogen (secondary N) is 1. The molecular formula is C17H28N2. The molecule has 1 aliphatic rings. The van der Waals surface area contributed by atoms with Crippen LogP contribution in [0.5, 0.6) is 0 Å². The summed E-state index contributed by atoms with van der Waals surface area (Å²) in [5, 5.41) is 3.55. The van der Waals surface area contributed by atoms with Crippen molar-refractivity contribution in [2.75, 3.05) is 26.2 Å². The Kier molecular flexibility index (Phi) is 6.38. The van der Waals surface area contributed by atoms with E-state index in [1.807, 2.05) is 0 Å². The maximum Gasteiger partial charge on any atom is 0.0206 e. The second-order valence-electron chi connectivity index (χ2n) is 5.71. The Morgan fingerprint density at radius 3 is 2.79 bits per heavy atom. The van der Waals surface area contributed by atoms with Crippen LogP contribution in [0.3, 0.4) is 0 Å². The zero-order valence-electron chi connectivity index (χ0n) is 12.3. The molecule has 1 heterocycles. The van der Waals surface area contributed by atoms with Crippen molar-refractivity contribution in [2.24, 2.45) is 5.92 Å². The molecule has 1 aliphatic heterocycles. The van der Waals surface area contributed by atoms with Gasteiger partial charge in [0.15, 0.2) is 0 Å². The first-order chi connectivity index (χ1) is 9.38. The summed E-state index contributed by atoms with van der Waals surface area (Å²) >= 11 is 0. The number of likely N-dealkylation sites (tertiary alicyclic amines) is 1. The van der Waals surface area contributed by atoms with Gasteiger partial charge >= 0.3 is 0 Å². The van der Waals surface area contributed by atoms with Crippen LogP contribution in [0, 0.1) is 5.92 Å². The van der Waals surface area contributed by atoms with E-state index in [4.69, 9.17) is 0 Å². The van der Waals surface area contributed by atoms with Crippen molar-refractivity contribution in [3.8, 4) is 0 Å². The highest BCUT2D eigenvalue weighted by Crippen LogP contribution is 2.19. The topological polar surface area (TPSA) is 15.3 Å². The summed E-state index contributed by atoms with van der Waals surface area (Å²) in [5.74, 6) is 0.974. The minimum Gasteiger partial charge on any atom is -0.311 e. The third-order valence-corrected chi connectivity index (χ3v) is 4.29. The summed E-state index contributed by atoms with van der Waals surface area (Å²) in [6.45, 7) is 8.22. The maximum absolute atomic E-state index is 3.55. The van der Waals surface area contributed by atoms with E-state index in [0.29, 0.717) is 0 Å². The monoisotopic (exact) mass is 260 g/mol. The predicted molar refractivity (Wildman–Crippen MR) is 82.2 cm³/mol. The van der Waals surface area contributed by atoms with E-state index in [9.17, 15) is 0 Å². The molecule has 0 saturated carbocycles. The predicted octanol–water partition coefficient (Wildman–Crippen LogP) is 3.29. The first kappa shape index (κ1) is 14.5. The lowest BCUT2D eigenvalue weighted by Crippen LogP contribution is -2.32. The molecule has 0 amide bonds. The van der Waals surface area contributed by atoms with Crippen LogP contribution >= 0.6 is 0 Å². The van der Waals surface area contributed by atoms with Crippen molar-refractivity contribution in [3.05, 3.63) is 35.9 Å². The first-order valence-corrected chi connectivity index (χ1v) is 7.85. The molecule has 0 aliphatic carbocycles. The molecule has 0 bridgehead atoms. The molecule has 0 aromatic heterocycles. The Morgan fingerprint density at radius 1 is 1.16 bits per heavy atom. The summed E-state index contributed by atoms with van der Waals surface area (Å²) in [5.41, 5.74) is 1.38. The summed E-state index contributed by atoms with van der Waals surface area (Å²) in [6.07, 6.45) is 5.58. The van der Waals surface area contributed by atoms with Gasteiger partial charge in [-0.2, -0.15) is 0 Å². The van der Waals surface area contributed by atoms with Crippen LogP contribution in [-0.4, -0.2) is 31.1 Å². The lowest BCUT2D eigenvalue weighted by molar-refractivity contribution is 0.279. The van der Waals surface area contributed by atoms with Gasteiger partial charge in [-0.05, 0) is 43.8 Å². The standard InChI is InChI=1S/C17H28N2/c1-2-16-9-6-12-19(13-10-16)14-11-18-15-17-7-4-3-5-8-17/h3-5,7-8,16,18H,2,6,9-15H2,1H3. The molecule has 1 aromatic rings. The quantitative estimate of drug-likeness (QED) is 0.790. The summed E-state index contributed by atoms with van der Waals surface area (Å²) in [7, 11) is 0. The molecule has 0 spiro atoms. The summed E-state index contributed by atoms with van der Waals surface area (Å²) < 4.78 is 0. The molecule has 2 nitrogen and oxygen atoms in total. The van der Waals surface area contributed by atoms with E-state index < -0.39 is 0 Å². The fourth-order valence-electron chi connectivity index (χ4n) is 2.92. The number of benzene rings is 1. The normalized spacial score (nSPS) is 21.2. The van der Waals surface area contributed by atoms with Crippen LogP contribution in [0.4, 0.5) is 0 Å². The minimum absolute atomic E-state index is 0.974. The highest BCUT2D eigenvalue weighted by Gasteiger charge is 2.14. The summed E-state index contributed by atoms with van der Waals surface area (Å²) in [6, 6.07) is 10.7. The first-order valence-electron chi connectivity index (χ1n) is 7.85.